The van der Waals surface area contributed by atoms with E-state index in [0.29, 0.717) is 17.1 Å². The molecule has 7 heteroatoms. The van der Waals surface area contributed by atoms with E-state index < -0.39 is 0 Å². The van der Waals surface area contributed by atoms with Gasteiger partial charge in [-0.25, -0.2) is 4.98 Å². The zero-order chi connectivity index (χ0) is 17.9. The number of unbranched alkanes of at least 4 members (excludes halogenated alkanes) is 1. The predicted octanol–water partition coefficient (Wildman–Crippen LogP) is 3.90. The van der Waals surface area contributed by atoms with E-state index in [1.165, 1.54) is 15.9 Å². The zero-order valence-electron chi connectivity index (χ0n) is 14.4. The zero-order valence-corrected chi connectivity index (χ0v) is 15.2. The van der Waals surface area contributed by atoms with Crippen molar-refractivity contribution < 1.29 is 4.52 Å². The normalized spacial score (nSPS) is 11.3. The molecule has 0 saturated heterocycles. The Kier molecular flexibility index (Phi) is 4.62. The smallest absolute Gasteiger partial charge is 0.263 e. The Morgan fingerprint density at radius 2 is 2.08 bits per heavy atom. The highest BCUT2D eigenvalue weighted by atomic mass is 32.1. The molecule has 0 atom stereocenters. The highest BCUT2D eigenvalue weighted by molar-refractivity contribution is 7.17. The fraction of sp³-hybridized carbons (Fsp3) is 0.263. The monoisotopic (exact) mass is 366 g/mol. The molecule has 0 aliphatic heterocycles. The van der Waals surface area contributed by atoms with E-state index in [1.807, 2.05) is 35.7 Å². The topological polar surface area (TPSA) is 73.8 Å². The van der Waals surface area contributed by atoms with Crippen LogP contribution in [0.2, 0.25) is 0 Å². The largest absolute Gasteiger partial charge is 0.337 e. The van der Waals surface area contributed by atoms with E-state index in [1.54, 1.807) is 6.33 Å². The molecule has 0 aliphatic carbocycles. The second kappa shape index (κ2) is 7.21. The van der Waals surface area contributed by atoms with Gasteiger partial charge in [-0.2, -0.15) is 4.98 Å². The molecular weight excluding hydrogens is 348 g/mol. The van der Waals surface area contributed by atoms with E-state index in [-0.39, 0.29) is 12.1 Å². The molecule has 0 saturated carbocycles. The summed E-state index contributed by atoms with van der Waals surface area (Å²) in [5.74, 6) is 1.11. The first kappa shape index (κ1) is 16.7. The van der Waals surface area contributed by atoms with Gasteiger partial charge in [0.15, 0.2) is 5.82 Å². The van der Waals surface area contributed by atoms with Gasteiger partial charge in [0, 0.05) is 17.4 Å². The second-order valence-electron chi connectivity index (χ2n) is 6.08. The summed E-state index contributed by atoms with van der Waals surface area (Å²) in [6.07, 6.45) is 4.42. The van der Waals surface area contributed by atoms with Crippen LogP contribution in [0, 0.1) is 0 Å². The van der Waals surface area contributed by atoms with Crippen LogP contribution in [0.4, 0.5) is 0 Å². The molecule has 0 amide bonds. The molecule has 0 radical (unpaired) electrons. The number of nitrogens with zero attached hydrogens (tertiary/aromatic N) is 4. The van der Waals surface area contributed by atoms with Crippen LogP contribution in [-0.4, -0.2) is 19.7 Å². The van der Waals surface area contributed by atoms with Gasteiger partial charge in [0.25, 0.3) is 5.56 Å². The molecule has 6 nitrogen and oxygen atoms in total. The molecule has 0 unspecified atom stereocenters. The van der Waals surface area contributed by atoms with Crippen molar-refractivity contribution in [1.29, 1.82) is 0 Å². The minimum atomic E-state index is -0.0941. The van der Waals surface area contributed by atoms with Gasteiger partial charge in [-0.15, -0.1) is 11.3 Å². The molecule has 0 bridgehead atoms. The molecule has 26 heavy (non-hydrogen) atoms. The molecule has 4 rings (SSSR count). The van der Waals surface area contributed by atoms with Crippen molar-refractivity contribution >= 4 is 21.6 Å². The lowest BCUT2D eigenvalue weighted by atomic mass is 10.1. The summed E-state index contributed by atoms with van der Waals surface area (Å²) in [5.41, 5.74) is 1.82. The van der Waals surface area contributed by atoms with Crippen LogP contribution in [0.15, 0.2) is 51.4 Å². The van der Waals surface area contributed by atoms with E-state index in [9.17, 15) is 4.79 Å². The molecule has 1 aromatic carbocycles. The maximum Gasteiger partial charge on any atom is 0.263 e. The van der Waals surface area contributed by atoms with Gasteiger partial charge in [0.1, 0.15) is 11.4 Å². The molecule has 132 valence electrons. The summed E-state index contributed by atoms with van der Waals surface area (Å²) in [6.45, 7) is 2.34. The third kappa shape index (κ3) is 3.17. The molecule has 0 aliphatic rings. The molecule has 0 spiro atoms. The van der Waals surface area contributed by atoms with Crippen molar-refractivity contribution in [3.05, 3.63) is 64.1 Å². The van der Waals surface area contributed by atoms with Crippen molar-refractivity contribution in [3.8, 4) is 11.1 Å². The maximum absolute atomic E-state index is 13.0. The first-order valence-corrected chi connectivity index (χ1v) is 9.47. The lowest BCUT2D eigenvalue weighted by Crippen LogP contribution is -2.21. The Morgan fingerprint density at radius 3 is 2.88 bits per heavy atom. The van der Waals surface area contributed by atoms with Crippen molar-refractivity contribution in [1.82, 2.24) is 19.7 Å². The molecule has 0 N–H and O–H groups in total. The Labute approximate surface area is 154 Å². The Bertz CT molecular complexity index is 1080. The van der Waals surface area contributed by atoms with Gasteiger partial charge in [0.2, 0.25) is 5.89 Å². The van der Waals surface area contributed by atoms with Gasteiger partial charge >= 0.3 is 0 Å². The Hall–Kier alpha value is -2.80. The van der Waals surface area contributed by atoms with E-state index in [2.05, 4.69) is 22.0 Å². The summed E-state index contributed by atoms with van der Waals surface area (Å²) in [6, 6.07) is 9.88. The van der Waals surface area contributed by atoms with E-state index in [0.717, 1.165) is 35.2 Å². The van der Waals surface area contributed by atoms with Crippen LogP contribution in [0.3, 0.4) is 0 Å². The van der Waals surface area contributed by atoms with E-state index >= 15 is 0 Å². The van der Waals surface area contributed by atoms with Crippen molar-refractivity contribution in [2.24, 2.45) is 0 Å². The SMILES string of the molecule is CCCCc1noc(Cn2cnc3scc(-c4ccccc4)c3c2=O)n1. The fourth-order valence-corrected chi connectivity index (χ4v) is 3.75. The average Bonchev–Trinajstić information content (AvgIpc) is 3.30. The summed E-state index contributed by atoms with van der Waals surface area (Å²) in [7, 11) is 0. The molecule has 0 fully saturated rings. The summed E-state index contributed by atoms with van der Waals surface area (Å²) >= 11 is 1.48. The van der Waals surface area contributed by atoms with Crippen LogP contribution in [0.1, 0.15) is 31.5 Å². The molecule has 3 heterocycles. The number of benzene rings is 1. The van der Waals surface area contributed by atoms with Crippen LogP contribution >= 0.6 is 11.3 Å². The highest BCUT2D eigenvalue weighted by Gasteiger charge is 2.15. The number of rotatable bonds is 6. The highest BCUT2D eigenvalue weighted by Crippen LogP contribution is 2.30. The van der Waals surface area contributed by atoms with Gasteiger partial charge in [0.05, 0.1) is 11.7 Å². The first-order chi connectivity index (χ1) is 12.8. The summed E-state index contributed by atoms with van der Waals surface area (Å²) in [4.78, 5) is 22.5. The average molecular weight is 366 g/mol. The maximum atomic E-state index is 13.0. The number of thiophene rings is 1. The van der Waals surface area contributed by atoms with Gasteiger partial charge in [-0.1, -0.05) is 48.8 Å². The Morgan fingerprint density at radius 1 is 1.23 bits per heavy atom. The van der Waals surface area contributed by atoms with Gasteiger partial charge in [-0.3, -0.25) is 9.36 Å². The number of hydrogen-bond acceptors (Lipinski definition) is 6. The van der Waals surface area contributed by atoms with Crippen LogP contribution in [0.5, 0.6) is 0 Å². The molecule has 4 aromatic rings. The second-order valence-corrected chi connectivity index (χ2v) is 6.94. The number of aryl methyl sites for hydroxylation is 1. The lowest BCUT2D eigenvalue weighted by molar-refractivity contribution is 0.364. The van der Waals surface area contributed by atoms with E-state index in [4.69, 9.17) is 4.52 Å². The minimum absolute atomic E-state index is 0.0941. The number of hydrogen-bond donors (Lipinski definition) is 0. The molecular formula is C19H18N4O2S. The third-order valence-corrected chi connectivity index (χ3v) is 5.10. The van der Waals surface area contributed by atoms with Gasteiger partial charge < -0.3 is 4.52 Å². The van der Waals surface area contributed by atoms with Crippen molar-refractivity contribution in [2.45, 2.75) is 32.7 Å². The predicted molar refractivity (Wildman–Crippen MR) is 101 cm³/mol. The van der Waals surface area contributed by atoms with Crippen LogP contribution in [-0.2, 0) is 13.0 Å². The number of aromatic nitrogens is 4. The number of fused-ring (bicyclic) bond motifs is 1. The minimum Gasteiger partial charge on any atom is -0.337 e. The van der Waals surface area contributed by atoms with Gasteiger partial charge in [-0.05, 0) is 12.0 Å². The third-order valence-electron chi connectivity index (χ3n) is 4.22. The summed E-state index contributed by atoms with van der Waals surface area (Å²) in [5, 5.41) is 6.59. The quantitative estimate of drug-likeness (QED) is 0.517. The lowest BCUT2D eigenvalue weighted by Gasteiger charge is -2.03. The Balaban J connectivity index is 1.69. The van der Waals surface area contributed by atoms with Crippen LogP contribution < -0.4 is 5.56 Å². The summed E-state index contributed by atoms with van der Waals surface area (Å²) < 4.78 is 6.81. The molecule has 3 aromatic heterocycles. The fourth-order valence-electron chi connectivity index (χ4n) is 2.85. The standard InChI is InChI=1S/C19H18N4O2S/c1-2-3-9-15-21-16(25-22-15)10-23-12-20-18-17(19(23)24)14(11-26-18)13-7-5-4-6-8-13/h4-8,11-12H,2-3,9-10H2,1H3. The van der Waals surface area contributed by atoms with Crippen molar-refractivity contribution in [2.75, 3.05) is 0 Å². The first-order valence-electron chi connectivity index (χ1n) is 8.59. The van der Waals surface area contributed by atoms with Crippen LogP contribution in [0.25, 0.3) is 21.3 Å². The van der Waals surface area contributed by atoms with Crippen molar-refractivity contribution in [3.63, 3.8) is 0 Å².